The third kappa shape index (κ3) is 4.38. The number of piperidine rings is 1. The lowest BCUT2D eigenvalue weighted by molar-refractivity contribution is 0.520. The number of nitrogens with zero attached hydrogens (tertiary/aromatic N) is 5. The summed E-state index contributed by atoms with van der Waals surface area (Å²) in [6, 6.07) is 10.8. The average molecular weight is 340 g/mol. The number of rotatable bonds is 5. The Kier molecular flexibility index (Phi) is 5.36. The molecule has 0 spiro atoms. The third-order valence-electron chi connectivity index (χ3n) is 4.39. The molecule has 6 heteroatoms. The molecule has 0 amide bonds. The fraction of sp³-hybridized carbons (Fsp3) is 0.526. The molecule has 0 saturated carbocycles. The van der Waals surface area contributed by atoms with Gasteiger partial charge >= 0.3 is 0 Å². The molecule has 25 heavy (non-hydrogen) atoms. The van der Waals surface area contributed by atoms with E-state index in [-0.39, 0.29) is 5.92 Å². The molecule has 134 valence electrons. The van der Waals surface area contributed by atoms with Crippen LogP contribution in [0.15, 0.2) is 30.3 Å². The first-order valence-electron chi connectivity index (χ1n) is 9.02. The van der Waals surface area contributed by atoms with Gasteiger partial charge in [0, 0.05) is 44.8 Å². The highest BCUT2D eigenvalue weighted by atomic mass is 15.3. The maximum Gasteiger partial charge on any atom is 0.230 e. The fourth-order valence-corrected chi connectivity index (χ4v) is 3.02. The molecule has 6 nitrogen and oxygen atoms in total. The van der Waals surface area contributed by atoms with Crippen molar-refractivity contribution in [2.45, 2.75) is 38.6 Å². The third-order valence-corrected chi connectivity index (χ3v) is 4.39. The second kappa shape index (κ2) is 7.68. The van der Waals surface area contributed by atoms with Gasteiger partial charge in [0.15, 0.2) is 0 Å². The Morgan fingerprint density at radius 2 is 1.88 bits per heavy atom. The second-order valence-electron chi connectivity index (χ2n) is 7.14. The van der Waals surface area contributed by atoms with Gasteiger partial charge in [0.25, 0.3) is 0 Å². The number of anilines is 3. The standard InChI is InChI=1S/C19H28N6/c1-14(2)17-21-18(24(3)4)23-19(22-17)25-12-8-11-16(13-25)20-15-9-6-5-7-10-15/h5-7,9-10,14,16,20H,8,11-13H2,1-4H3. The quantitative estimate of drug-likeness (QED) is 0.902. The normalized spacial score (nSPS) is 17.6. The van der Waals surface area contributed by atoms with Crippen LogP contribution in [0.1, 0.15) is 38.4 Å². The molecule has 1 saturated heterocycles. The smallest absolute Gasteiger partial charge is 0.230 e. The molecule has 1 aromatic heterocycles. The van der Waals surface area contributed by atoms with Crippen molar-refractivity contribution in [2.24, 2.45) is 0 Å². The van der Waals surface area contributed by atoms with E-state index < -0.39 is 0 Å². The van der Waals surface area contributed by atoms with Crippen molar-refractivity contribution in [2.75, 3.05) is 42.3 Å². The number of nitrogens with one attached hydrogen (secondary N) is 1. The molecule has 1 aliphatic rings. The van der Waals surface area contributed by atoms with Crippen LogP contribution in [0.3, 0.4) is 0 Å². The van der Waals surface area contributed by atoms with E-state index in [0.29, 0.717) is 6.04 Å². The fourth-order valence-electron chi connectivity index (χ4n) is 3.02. The van der Waals surface area contributed by atoms with E-state index in [1.54, 1.807) is 0 Å². The van der Waals surface area contributed by atoms with Crippen molar-refractivity contribution >= 4 is 17.6 Å². The van der Waals surface area contributed by atoms with Gasteiger partial charge in [-0.15, -0.1) is 0 Å². The van der Waals surface area contributed by atoms with Crippen LogP contribution in [0.25, 0.3) is 0 Å². The second-order valence-corrected chi connectivity index (χ2v) is 7.14. The van der Waals surface area contributed by atoms with Gasteiger partial charge in [-0.2, -0.15) is 15.0 Å². The molecule has 1 unspecified atom stereocenters. The van der Waals surface area contributed by atoms with Crippen molar-refractivity contribution in [1.82, 2.24) is 15.0 Å². The van der Waals surface area contributed by atoms with Crippen LogP contribution >= 0.6 is 0 Å². The van der Waals surface area contributed by atoms with Crippen LogP contribution in [0.4, 0.5) is 17.6 Å². The Hall–Kier alpha value is -2.37. The Morgan fingerprint density at radius 3 is 2.56 bits per heavy atom. The van der Waals surface area contributed by atoms with Crippen LogP contribution in [0, 0.1) is 0 Å². The van der Waals surface area contributed by atoms with Crippen LogP contribution < -0.4 is 15.1 Å². The zero-order valence-corrected chi connectivity index (χ0v) is 15.6. The first-order valence-corrected chi connectivity index (χ1v) is 9.02. The van der Waals surface area contributed by atoms with Gasteiger partial charge < -0.3 is 15.1 Å². The summed E-state index contributed by atoms with van der Waals surface area (Å²) in [6.45, 7) is 6.13. The van der Waals surface area contributed by atoms with Gasteiger partial charge in [-0.1, -0.05) is 32.0 Å². The number of hydrogen-bond donors (Lipinski definition) is 1. The van der Waals surface area contributed by atoms with E-state index >= 15 is 0 Å². The summed E-state index contributed by atoms with van der Waals surface area (Å²) < 4.78 is 0. The van der Waals surface area contributed by atoms with E-state index in [1.165, 1.54) is 5.69 Å². The molecular weight excluding hydrogens is 312 g/mol. The van der Waals surface area contributed by atoms with E-state index in [4.69, 9.17) is 4.98 Å². The van der Waals surface area contributed by atoms with Crippen molar-refractivity contribution in [3.63, 3.8) is 0 Å². The summed E-state index contributed by atoms with van der Waals surface area (Å²) in [7, 11) is 3.94. The predicted octanol–water partition coefficient (Wildman–Crippen LogP) is 3.14. The molecule has 2 aromatic rings. The Labute approximate surface area is 150 Å². The van der Waals surface area contributed by atoms with Gasteiger partial charge in [-0.05, 0) is 25.0 Å². The zero-order valence-electron chi connectivity index (χ0n) is 15.6. The van der Waals surface area contributed by atoms with Crippen molar-refractivity contribution in [3.8, 4) is 0 Å². The van der Waals surface area contributed by atoms with Gasteiger partial charge in [0.1, 0.15) is 5.82 Å². The number of aromatic nitrogens is 3. The minimum atomic E-state index is 0.281. The largest absolute Gasteiger partial charge is 0.381 e. The highest BCUT2D eigenvalue weighted by Crippen LogP contribution is 2.22. The Balaban J connectivity index is 1.78. The average Bonchev–Trinajstić information content (AvgIpc) is 2.62. The predicted molar refractivity (Wildman–Crippen MR) is 104 cm³/mol. The van der Waals surface area contributed by atoms with Crippen LogP contribution in [0.5, 0.6) is 0 Å². The molecule has 1 aliphatic heterocycles. The molecular formula is C19H28N6. The number of hydrogen-bond acceptors (Lipinski definition) is 6. The van der Waals surface area contributed by atoms with Gasteiger partial charge in [0.05, 0.1) is 0 Å². The SMILES string of the molecule is CC(C)c1nc(N(C)C)nc(N2CCCC(Nc3ccccc3)C2)n1. The molecule has 1 atom stereocenters. The molecule has 2 heterocycles. The van der Waals surface area contributed by atoms with Crippen molar-refractivity contribution < 1.29 is 0 Å². The minimum absolute atomic E-state index is 0.281. The molecule has 0 aliphatic carbocycles. The Bertz CT molecular complexity index is 659. The van der Waals surface area contributed by atoms with E-state index in [0.717, 1.165) is 43.7 Å². The number of benzene rings is 1. The lowest BCUT2D eigenvalue weighted by Gasteiger charge is -2.34. The molecule has 0 bridgehead atoms. The van der Waals surface area contributed by atoms with Gasteiger partial charge in [-0.25, -0.2) is 0 Å². The molecule has 1 aromatic carbocycles. The molecule has 1 fully saturated rings. The zero-order chi connectivity index (χ0) is 17.8. The maximum absolute atomic E-state index is 4.73. The van der Waals surface area contributed by atoms with Gasteiger partial charge in [0.2, 0.25) is 11.9 Å². The first-order chi connectivity index (χ1) is 12.0. The van der Waals surface area contributed by atoms with Crippen LogP contribution in [-0.2, 0) is 0 Å². The van der Waals surface area contributed by atoms with Crippen molar-refractivity contribution in [1.29, 1.82) is 0 Å². The van der Waals surface area contributed by atoms with Crippen LogP contribution in [0.2, 0.25) is 0 Å². The lowest BCUT2D eigenvalue weighted by Crippen LogP contribution is -2.43. The van der Waals surface area contributed by atoms with Crippen molar-refractivity contribution in [3.05, 3.63) is 36.2 Å². The molecule has 1 N–H and O–H groups in total. The van der Waals surface area contributed by atoms with Crippen LogP contribution in [-0.4, -0.2) is 48.2 Å². The molecule has 3 rings (SSSR count). The molecule has 0 radical (unpaired) electrons. The van der Waals surface area contributed by atoms with E-state index in [1.807, 2.05) is 25.1 Å². The summed E-state index contributed by atoms with van der Waals surface area (Å²) in [5.41, 5.74) is 1.17. The Morgan fingerprint density at radius 1 is 1.12 bits per heavy atom. The van der Waals surface area contributed by atoms with Gasteiger partial charge in [-0.3, -0.25) is 0 Å². The van der Waals surface area contributed by atoms with E-state index in [9.17, 15) is 0 Å². The summed E-state index contributed by atoms with van der Waals surface area (Å²) >= 11 is 0. The summed E-state index contributed by atoms with van der Waals surface area (Å²) in [5.74, 6) is 2.66. The summed E-state index contributed by atoms with van der Waals surface area (Å²) in [6.07, 6.45) is 2.29. The lowest BCUT2D eigenvalue weighted by atomic mass is 10.1. The minimum Gasteiger partial charge on any atom is -0.381 e. The summed E-state index contributed by atoms with van der Waals surface area (Å²) in [4.78, 5) is 18.2. The number of para-hydroxylation sites is 1. The first kappa shape index (κ1) is 17.5. The maximum atomic E-state index is 4.73. The topological polar surface area (TPSA) is 57.2 Å². The highest BCUT2D eigenvalue weighted by Gasteiger charge is 2.23. The monoisotopic (exact) mass is 340 g/mol. The summed E-state index contributed by atoms with van der Waals surface area (Å²) in [5, 5.41) is 3.63. The highest BCUT2D eigenvalue weighted by molar-refractivity contribution is 5.45. The van der Waals surface area contributed by atoms with E-state index in [2.05, 4.69) is 58.3 Å².